The largest absolute Gasteiger partial charge is 0.368 e. The van der Waals surface area contributed by atoms with Gasteiger partial charge in [-0.25, -0.2) is 0 Å². The molecule has 0 radical (unpaired) electrons. The van der Waals surface area contributed by atoms with E-state index in [1.54, 1.807) is 18.2 Å². The molecule has 0 atom stereocenters. The zero-order chi connectivity index (χ0) is 22.5. The molecule has 1 heterocycles. The van der Waals surface area contributed by atoms with Crippen molar-refractivity contribution < 1.29 is 9.59 Å². The van der Waals surface area contributed by atoms with Crippen molar-refractivity contribution in [1.82, 2.24) is 4.90 Å². The Kier molecular flexibility index (Phi) is 7.59. The molecule has 170 valence electrons. The van der Waals surface area contributed by atoms with E-state index in [-0.39, 0.29) is 5.91 Å². The minimum atomic E-state index is -0.258. The van der Waals surface area contributed by atoms with Crippen LogP contribution in [0.4, 0.5) is 11.4 Å². The van der Waals surface area contributed by atoms with Crippen molar-refractivity contribution in [2.75, 3.05) is 36.4 Å². The molecule has 0 aromatic heterocycles. The molecule has 1 saturated heterocycles. The van der Waals surface area contributed by atoms with Gasteiger partial charge in [-0.15, -0.1) is 0 Å². The predicted octanol–water partition coefficient (Wildman–Crippen LogP) is 5.86. The van der Waals surface area contributed by atoms with Crippen LogP contribution < -0.4 is 10.2 Å². The van der Waals surface area contributed by atoms with Crippen LogP contribution in [0.5, 0.6) is 0 Å². The number of carbonyl (C=O) groups is 2. The minimum Gasteiger partial charge on any atom is -0.368 e. The van der Waals surface area contributed by atoms with Crippen molar-refractivity contribution in [2.24, 2.45) is 5.92 Å². The molecule has 0 bridgehead atoms. The maximum absolute atomic E-state index is 12.6. The van der Waals surface area contributed by atoms with Gasteiger partial charge in [0, 0.05) is 59.6 Å². The predicted molar refractivity (Wildman–Crippen MR) is 131 cm³/mol. The second-order valence-electron chi connectivity index (χ2n) is 8.72. The molecule has 5 nitrogen and oxygen atoms in total. The lowest BCUT2D eigenvalue weighted by Gasteiger charge is -2.36. The number of nitrogens with zero attached hydrogens (tertiary/aromatic N) is 2. The number of nitrogens with one attached hydrogen (secondary N) is 1. The number of benzene rings is 2. The van der Waals surface area contributed by atoms with Gasteiger partial charge in [0.15, 0.2) is 0 Å². The number of anilines is 2. The fraction of sp³-hybridized carbons (Fsp3) is 0.440. The lowest BCUT2D eigenvalue weighted by molar-refractivity contribution is -0.131. The van der Waals surface area contributed by atoms with Gasteiger partial charge in [0.1, 0.15) is 0 Å². The third-order valence-electron chi connectivity index (χ3n) is 6.49. The van der Waals surface area contributed by atoms with Crippen molar-refractivity contribution in [2.45, 2.75) is 38.5 Å². The van der Waals surface area contributed by atoms with E-state index in [0.717, 1.165) is 44.2 Å². The van der Waals surface area contributed by atoms with Gasteiger partial charge in [-0.3, -0.25) is 9.59 Å². The van der Waals surface area contributed by atoms with Gasteiger partial charge in [0.25, 0.3) is 5.91 Å². The van der Waals surface area contributed by atoms with Gasteiger partial charge in [0.2, 0.25) is 5.91 Å². The molecule has 1 aliphatic heterocycles. The van der Waals surface area contributed by atoms with Crippen LogP contribution in [0, 0.1) is 5.92 Å². The first kappa shape index (κ1) is 22.9. The summed E-state index contributed by atoms with van der Waals surface area (Å²) in [7, 11) is 0. The van der Waals surface area contributed by atoms with Gasteiger partial charge in [-0.1, -0.05) is 48.9 Å². The van der Waals surface area contributed by atoms with E-state index in [4.69, 9.17) is 23.2 Å². The molecule has 1 saturated carbocycles. The molecule has 2 aromatic rings. The number of amides is 2. The normalized spacial score (nSPS) is 16.9. The molecule has 2 aromatic carbocycles. The third-order valence-corrected chi connectivity index (χ3v) is 6.93. The first-order valence-electron chi connectivity index (χ1n) is 11.4. The van der Waals surface area contributed by atoms with Crippen LogP contribution in [-0.4, -0.2) is 42.9 Å². The van der Waals surface area contributed by atoms with Gasteiger partial charge in [-0.2, -0.15) is 0 Å². The Morgan fingerprint density at radius 1 is 0.906 bits per heavy atom. The third kappa shape index (κ3) is 5.96. The molecule has 1 aliphatic carbocycles. The highest BCUT2D eigenvalue weighted by Gasteiger charge is 2.23. The fourth-order valence-electron chi connectivity index (χ4n) is 4.64. The lowest BCUT2D eigenvalue weighted by atomic mass is 10.0. The highest BCUT2D eigenvalue weighted by molar-refractivity contribution is 6.35. The Bertz CT molecular complexity index is 930. The first-order chi connectivity index (χ1) is 15.5. The van der Waals surface area contributed by atoms with Crippen molar-refractivity contribution in [3.05, 3.63) is 58.1 Å². The van der Waals surface area contributed by atoms with E-state index in [1.165, 1.54) is 25.7 Å². The summed E-state index contributed by atoms with van der Waals surface area (Å²) in [5.74, 6) is 0.803. The van der Waals surface area contributed by atoms with Gasteiger partial charge < -0.3 is 15.1 Å². The number of halogens is 2. The van der Waals surface area contributed by atoms with E-state index in [9.17, 15) is 9.59 Å². The zero-order valence-corrected chi connectivity index (χ0v) is 19.7. The topological polar surface area (TPSA) is 52.7 Å². The lowest BCUT2D eigenvalue weighted by Crippen LogP contribution is -2.48. The Morgan fingerprint density at radius 2 is 1.53 bits per heavy atom. The van der Waals surface area contributed by atoms with Gasteiger partial charge >= 0.3 is 0 Å². The molecule has 7 heteroatoms. The van der Waals surface area contributed by atoms with Crippen LogP contribution in [0.3, 0.4) is 0 Å². The molecule has 1 N–H and O–H groups in total. The number of rotatable bonds is 6. The average Bonchev–Trinajstić information content (AvgIpc) is 3.31. The van der Waals surface area contributed by atoms with Gasteiger partial charge in [0.05, 0.1) is 0 Å². The van der Waals surface area contributed by atoms with E-state index in [2.05, 4.69) is 10.2 Å². The highest BCUT2D eigenvalue weighted by Crippen LogP contribution is 2.29. The van der Waals surface area contributed by atoms with Crippen molar-refractivity contribution in [1.29, 1.82) is 0 Å². The summed E-state index contributed by atoms with van der Waals surface area (Å²) < 4.78 is 0. The Balaban J connectivity index is 1.26. The smallest absolute Gasteiger partial charge is 0.255 e. The van der Waals surface area contributed by atoms with Crippen molar-refractivity contribution >= 4 is 46.4 Å². The molecular weight excluding hydrogens is 445 g/mol. The fourth-order valence-corrected chi connectivity index (χ4v) is 5.17. The second kappa shape index (κ2) is 10.6. The molecule has 2 fully saturated rings. The summed E-state index contributed by atoms with van der Waals surface area (Å²) in [4.78, 5) is 29.3. The Morgan fingerprint density at radius 3 is 2.16 bits per heavy atom. The first-order valence-corrected chi connectivity index (χ1v) is 12.1. The summed E-state index contributed by atoms with van der Waals surface area (Å²) in [6, 6.07) is 12.5. The molecule has 0 unspecified atom stereocenters. The molecule has 32 heavy (non-hydrogen) atoms. The standard InChI is InChI=1S/C25H29Cl2N3O2/c26-20-15-19(16-21(27)17-20)25(32)28-22-6-8-23(9-7-22)29-11-13-30(14-12-29)24(31)10-5-18-3-1-2-4-18/h6-9,15-18H,1-5,10-14H2,(H,28,32). The van der Waals surface area contributed by atoms with Crippen molar-refractivity contribution in [3.63, 3.8) is 0 Å². The second-order valence-corrected chi connectivity index (χ2v) is 9.59. The molecule has 2 amide bonds. The monoisotopic (exact) mass is 473 g/mol. The SMILES string of the molecule is O=C(Nc1ccc(N2CCN(C(=O)CCC3CCCC3)CC2)cc1)c1cc(Cl)cc(Cl)c1. The van der Waals surface area contributed by atoms with E-state index in [1.807, 2.05) is 29.2 Å². The molecule has 0 spiro atoms. The summed E-state index contributed by atoms with van der Waals surface area (Å²) in [6.45, 7) is 3.17. The summed E-state index contributed by atoms with van der Waals surface area (Å²) in [5, 5.41) is 3.72. The maximum Gasteiger partial charge on any atom is 0.255 e. The summed E-state index contributed by atoms with van der Waals surface area (Å²) >= 11 is 12.0. The van der Waals surface area contributed by atoms with E-state index in [0.29, 0.717) is 33.6 Å². The number of piperazine rings is 1. The maximum atomic E-state index is 12.6. The van der Waals surface area contributed by atoms with Gasteiger partial charge in [-0.05, 0) is 54.8 Å². The molecule has 4 rings (SSSR count). The van der Waals surface area contributed by atoms with Crippen LogP contribution in [0.1, 0.15) is 48.9 Å². The Hall–Kier alpha value is -2.24. The number of hydrogen-bond acceptors (Lipinski definition) is 3. The molecular formula is C25H29Cl2N3O2. The van der Waals surface area contributed by atoms with Crippen LogP contribution in [-0.2, 0) is 4.79 Å². The van der Waals surface area contributed by atoms with Crippen LogP contribution in [0.25, 0.3) is 0 Å². The van der Waals surface area contributed by atoms with E-state index < -0.39 is 0 Å². The minimum absolute atomic E-state index is 0.258. The quantitative estimate of drug-likeness (QED) is 0.570. The van der Waals surface area contributed by atoms with E-state index >= 15 is 0 Å². The van der Waals surface area contributed by atoms with Crippen molar-refractivity contribution in [3.8, 4) is 0 Å². The van der Waals surface area contributed by atoms with Crippen LogP contribution in [0.2, 0.25) is 10.0 Å². The summed E-state index contributed by atoms with van der Waals surface area (Å²) in [5.41, 5.74) is 2.21. The zero-order valence-electron chi connectivity index (χ0n) is 18.2. The number of hydrogen-bond donors (Lipinski definition) is 1. The summed E-state index contributed by atoms with van der Waals surface area (Å²) in [6.07, 6.45) is 6.99. The number of carbonyl (C=O) groups excluding carboxylic acids is 2. The van der Waals surface area contributed by atoms with Crippen LogP contribution in [0.15, 0.2) is 42.5 Å². The Labute approximate surface area is 199 Å². The van der Waals surface area contributed by atoms with Crippen LogP contribution >= 0.6 is 23.2 Å². The highest BCUT2D eigenvalue weighted by atomic mass is 35.5. The molecule has 2 aliphatic rings. The average molecular weight is 474 g/mol.